The predicted molar refractivity (Wildman–Crippen MR) is 78.3 cm³/mol. The molecule has 0 saturated heterocycles. The molecule has 0 atom stereocenters. The van der Waals surface area contributed by atoms with Crippen LogP contribution in [-0.2, 0) is 6.54 Å². The minimum Gasteiger partial charge on any atom is -0.332 e. The highest BCUT2D eigenvalue weighted by molar-refractivity contribution is 6.32. The fourth-order valence-electron chi connectivity index (χ4n) is 1.98. The summed E-state index contributed by atoms with van der Waals surface area (Å²) in [6, 6.07) is 5.89. The summed E-state index contributed by atoms with van der Waals surface area (Å²) >= 11 is 6.08. The third-order valence-electron chi connectivity index (χ3n) is 3.06. The van der Waals surface area contributed by atoms with E-state index in [4.69, 9.17) is 16.1 Å². The van der Waals surface area contributed by atoms with Gasteiger partial charge in [0.2, 0.25) is 5.82 Å². The Morgan fingerprint density at radius 2 is 2.09 bits per heavy atom. The zero-order valence-corrected chi connectivity index (χ0v) is 12.2. The second-order valence-corrected chi connectivity index (χ2v) is 4.79. The summed E-state index contributed by atoms with van der Waals surface area (Å²) in [4.78, 5) is 14.5. The Morgan fingerprint density at radius 1 is 1.36 bits per heavy atom. The van der Waals surface area contributed by atoms with Crippen molar-refractivity contribution in [2.45, 2.75) is 13.5 Å². The van der Waals surface area contributed by atoms with Crippen LogP contribution >= 0.6 is 11.6 Å². The Kier molecular flexibility index (Phi) is 3.60. The molecule has 0 aliphatic carbocycles. The van der Waals surface area contributed by atoms with Crippen LogP contribution in [-0.4, -0.2) is 24.8 Å². The van der Waals surface area contributed by atoms with Gasteiger partial charge >= 0.3 is 0 Å². The van der Waals surface area contributed by atoms with E-state index in [0.717, 1.165) is 0 Å². The summed E-state index contributed by atoms with van der Waals surface area (Å²) in [7, 11) is 0. The van der Waals surface area contributed by atoms with Crippen molar-refractivity contribution in [3.63, 3.8) is 0 Å². The average Bonchev–Trinajstić information content (AvgIpc) is 3.13. The lowest BCUT2D eigenvalue weighted by atomic mass is 10.2. The summed E-state index contributed by atoms with van der Waals surface area (Å²) in [6.45, 7) is 2.53. The average molecular weight is 320 g/mol. The van der Waals surface area contributed by atoms with E-state index in [1.807, 2.05) is 6.92 Å². The number of aromatic nitrogens is 4. The van der Waals surface area contributed by atoms with E-state index in [1.54, 1.807) is 16.8 Å². The first-order chi connectivity index (χ1) is 10.6. The lowest BCUT2D eigenvalue weighted by Gasteiger charge is -1.99. The summed E-state index contributed by atoms with van der Waals surface area (Å²) in [5, 5.41) is 19.0. The monoisotopic (exact) mass is 319 g/mol. The lowest BCUT2D eigenvalue weighted by molar-refractivity contribution is -0.384. The first kappa shape index (κ1) is 14.2. The number of halogens is 1. The number of hydrogen-bond acceptors (Lipinski definition) is 6. The molecule has 0 spiro atoms. The summed E-state index contributed by atoms with van der Waals surface area (Å²) in [6.07, 6.45) is 1.51. The molecular formula is C13H10ClN5O3. The smallest absolute Gasteiger partial charge is 0.278 e. The van der Waals surface area contributed by atoms with Crippen molar-refractivity contribution in [3.05, 3.63) is 45.6 Å². The van der Waals surface area contributed by atoms with E-state index >= 15 is 0 Å². The van der Waals surface area contributed by atoms with Crippen LogP contribution in [0.25, 0.3) is 23.0 Å². The molecule has 3 rings (SSSR count). The van der Waals surface area contributed by atoms with E-state index in [1.165, 1.54) is 18.3 Å². The molecule has 0 bridgehead atoms. The van der Waals surface area contributed by atoms with E-state index in [-0.39, 0.29) is 11.6 Å². The Bertz CT molecular complexity index is 825. The van der Waals surface area contributed by atoms with Crippen LogP contribution in [0.1, 0.15) is 6.92 Å². The Balaban J connectivity index is 1.97. The van der Waals surface area contributed by atoms with Gasteiger partial charge in [-0.15, -0.1) is 0 Å². The predicted octanol–water partition coefficient (Wildman–Crippen LogP) is 3.18. The van der Waals surface area contributed by atoms with Gasteiger partial charge in [-0.05, 0) is 19.1 Å². The van der Waals surface area contributed by atoms with Crippen molar-refractivity contribution >= 4 is 17.3 Å². The normalized spacial score (nSPS) is 10.8. The third kappa shape index (κ3) is 2.44. The highest BCUT2D eigenvalue weighted by atomic mass is 35.5. The molecule has 3 aromatic rings. The van der Waals surface area contributed by atoms with Crippen LogP contribution in [0, 0.1) is 10.1 Å². The number of hydrogen-bond donors (Lipinski definition) is 0. The largest absolute Gasteiger partial charge is 0.332 e. The zero-order chi connectivity index (χ0) is 15.7. The third-order valence-corrected chi connectivity index (χ3v) is 3.34. The molecular weight excluding hydrogens is 310 g/mol. The second-order valence-electron chi connectivity index (χ2n) is 4.38. The summed E-state index contributed by atoms with van der Waals surface area (Å²) in [5.41, 5.74) is 1.16. The topological polar surface area (TPSA) is 99.9 Å². The van der Waals surface area contributed by atoms with Gasteiger partial charge in [-0.3, -0.25) is 14.8 Å². The first-order valence-corrected chi connectivity index (χ1v) is 6.78. The molecule has 1 aromatic carbocycles. The summed E-state index contributed by atoms with van der Waals surface area (Å²) in [5.74, 6) is 0.572. The summed E-state index contributed by atoms with van der Waals surface area (Å²) < 4.78 is 6.87. The molecule has 112 valence electrons. The molecule has 0 radical (unpaired) electrons. The van der Waals surface area contributed by atoms with Gasteiger partial charge in [0.25, 0.3) is 11.6 Å². The Hall–Kier alpha value is -2.74. The first-order valence-electron chi connectivity index (χ1n) is 6.40. The number of benzene rings is 1. The standard InChI is InChI=1S/C13H10ClN5O3/c1-2-18-11(10(14)7-15-18)13-16-12(17-22-13)8-3-5-9(6-4-8)19(20)21/h3-7H,2H2,1H3. The molecule has 2 heterocycles. The van der Waals surface area contributed by atoms with Crippen molar-refractivity contribution < 1.29 is 9.45 Å². The lowest BCUT2D eigenvalue weighted by Crippen LogP contribution is -1.99. The Morgan fingerprint density at radius 3 is 2.73 bits per heavy atom. The maximum Gasteiger partial charge on any atom is 0.278 e. The van der Waals surface area contributed by atoms with E-state index in [0.29, 0.717) is 28.6 Å². The van der Waals surface area contributed by atoms with Crippen molar-refractivity contribution in [1.29, 1.82) is 0 Å². The van der Waals surface area contributed by atoms with Crippen LogP contribution in [0.2, 0.25) is 5.02 Å². The molecule has 9 heteroatoms. The van der Waals surface area contributed by atoms with Gasteiger partial charge in [0.15, 0.2) is 0 Å². The Labute approximate surface area is 129 Å². The second kappa shape index (κ2) is 5.57. The van der Waals surface area contributed by atoms with Crippen LogP contribution in [0.5, 0.6) is 0 Å². The number of aryl methyl sites for hydroxylation is 1. The van der Waals surface area contributed by atoms with Crippen molar-refractivity contribution in [2.75, 3.05) is 0 Å². The van der Waals surface area contributed by atoms with E-state index < -0.39 is 4.92 Å². The van der Waals surface area contributed by atoms with Crippen molar-refractivity contribution in [2.24, 2.45) is 0 Å². The molecule has 0 aliphatic heterocycles. The van der Waals surface area contributed by atoms with Gasteiger partial charge in [-0.2, -0.15) is 10.1 Å². The SMILES string of the molecule is CCn1ncc(Cl)c1-c1nc(-c2ccc([N+](=O)[O-])cc2)no1. The molecule has 22 heavy (non-hydrogen) atoms. The molecule has 2 aromatic heterocycles. The van der Waals surface area contributed by atoms with Crippen LogP contribution in [0.4, 0.5) is 5.69 Å². The van der Waals surface area contributed by atoms with Crippen LogP contribution in [0.15, 0.2) is 35.0 Å². The van der Waals surface area contributed by atoms with Crippen LogP contribution in [0.3, 0.4) is 0 Å². The van der Waals surface area contributed by atoms with Gasteiger partial charge in [-0.25, -0.2) is 0 Å². The number of non-ortho nitro benzene ring substituents is 1. The fraction of sp³-hybridized carbons (Fsp3) is 0.154. The van der Waals surface area contributed by atoms with Crippen LogP contribution < -0.4 is 0 Å². The molecule has 8 nitrogen and oxygen atoms in total. The minimum atomic E-state index is -0.467. The maximum absolute atomic E-state index is 10.6. The highest BCUT2D eigenvalue weighted by Gasteiger charge is 2.18. The molecule has 0 fully saturated rings. The molecule has 0 unspecified atom stereocenters. The highest BCUT2D eigenvalue weighted by Crippen LogP contribution is 2.28. The van der Waals surface area contributed by atoms with Crippen molar-refractivity contribution in [1.82, 2.24) is 19.9 Å². The maximum atomic E-state index is 10.6. The number of nitro benzene ring substituents is 1. The van der Waals surface area contributed by atoms with E-state index in [9.17, 15) is 10.1 Å². The van der Waals surface area contributed by atoms with Gasteiger partial charge in [0.05, 0.1) is 16.1 Å². The van der Waals surface area contributed by atoms with Gasteiger partial charge in [0.1, 0.15) is 5.69 Å². The van der Waals surface area contributed by atoms with Gasteiger partial charge < -0.3 is 4.52 Å². The number of nitro groups is 1. The number of nitrogens with zero attached hydrogens (tertiary/aromatic N) is 5. The quantitative estimate of drug-likeness (QED) is 0.541. The molecule has 0 N–H and O–H groups in total. The van der Waals surface area contributed by atoms with Gasteiger partial charge in [0, 0.05) is 24.2 Å². The minimum absolute atomic E-state index is 0.000396. The van der Waals surface area contributed by atoms with Crippen molar-refractivity contribution in [3.8, 4) is 23.0 Å². The number of rotatable bonds is 4. The zero-order valence-electron chi connectivity index (χ0n) is 11.4. The molecule has 0 saturated carbocycles. The molecule has 0 aliphatic rings. The fourth-order valence-corrected chi connectivity index (χ4v) is 2.21. The molecule has 0 amide bonds. The van der Waals surface area contributed by atoms with E-state index in [2.05, 4.69) is 15.2 Å². The van der Waals surface area contributed by atoms with Gasteiger partial charge in [-0.1, -0.05) is 16.8 Å².